The van der Waals surface area contributed by atoms with E-state index < -0.39 is 36.3 Å². The van der Waals surface area contributed by atoms with Gasteiger partial charge in [-0.15, -0.1) is 0 Å². The van der Waals surface area contributed by atoms with E-state index in [1.807, 2.05) is 115 Å². The van der Waals surface area contributed by atoms with Crippen LogP contribution >= 0.6 is 0 Å². The molecular weight excluding hydrogens is 573 g/mol. The number of hydrogen-bond donors (Lipinski definition) is 0. The average Bonchev–Trinajstić information content (AvgIpc) is 3.60. The first-order valence-electron chi connectivity index (χ1n) is 19.1. The Morgan fingerprint density at radius 2 is 0.936 bits per heavy atom. The Labute approximate surface area is 283 Å². The van der Waals surface area contributed by atoms with Gasteiger partial charge in [0.1, 0.15) is 0 Å². The number of hydrogen-bond acceptors (Lipinski definition) is 3. The Morgan fingerprint density at radius 1 is 0.426 bits per heavy atom. The maximum absolute atomic E-state index is 9.13. The van der Waals surface area contributed by atoms with E-state index in [1.54, 1.807) is 6.07 Å². The van der Waals surface area contributed by atoms with Gasteiger partial charge in [0.2, 0.25) is 0 Å². The smallest absolute Gasteiger partial charge is 0.164 e. The molecule has 0 bridgehead atoms. The van der Waals surface area contributed by atoms with E-state index in [1.165, 1.54) is 4.57 Å². The number of rotatable bonds is 5. The molecule has 7 aromatic carbocycles. The molecule has 9 aromatic rings. The fraction of sp³-hybridized carbons (Fsp3) is 0. The lowest BCUT2D eigenvalue weighted by Gasteiger charge is -2.15. The highest BCUT2D eigenvalue weighted by atomic mass is 15.0. The maximum Gasteiger partial charge on any atom is 0.164 e. The van der Waals surface area contributed by atoms with Gasteiger partial charge in [-0.1, -0.05) is 139 Å². The van der Waals surface area contributed by atoms with Gasteiger partial charge < -0.3 is 4.57 Å². The minimum atomic E-state index is -0.499. The maximum atomic E-state index is 9.13. The largest absolute Gasteiger partial charge is 0.309 e. The van der Waals surface area contributed by atoms with Crippen LogP contribution in [0.25, 0.3) is 83.6 Å². The topological polar surface area (TPSA) is 43.6 Å². The Morgan fingerprint density at radius 3 is 1.57 bits per heavy atom. The summed E-state index contributed by atoms with van der Waals surface area (Å²) in [4.78, 5) is 14.8. The SMILES string of the molecule is [2H]c1c([2H])c([2H])c2c(c1[2H])c1c([2H])c([2H])c([2H])c([2H])c1n2-c1cc(-c2nc(-c3ccccc3)nc(-c3ccccc3)n2)cc(-c2cccc3ccccc23)c1. The zero-order valence-corrected chi connectivity index (χ0v) is 24.8. The molecule has 0 fully saturated rings. The standard InChI is InChI=1S/C43H28N4/c1-3-15-30(16-4-1)41-44-42(31-17-5-2-6-18-31)46-43(45-41)33-26-32(36-23-13-19-29-14-7-8-20-35(29)36)27-34(28-33)47-39-24-11-9-21-37(39)38-22-10-12-25-40(38)47/h1-28H/i9D,10D,11D,12D,21D,22D,24D,25D. The van der Waals surface area contributed by atoms with Crippen LogP contribution in [0, 0.1) is 0 Å². The van der Waals surface area contributed by atoms with Crippen LogP contribution in [-0.2, 0) is 0 Å². The van der Waals surface area contributed by atoms with Gasteiger partial charge in [-0.05, 0) is 52.2 Å². The molecule has 4 heteroatoms. The van der Waals surface area contributed by atoms with Crippen LogP contribution < -0.4 is 0 Å². The van der Waals surface area contributed by atoms with Gasteiger partial charge in [0.15, 0.2) is 17.5 Å². The molecular formula is C43H28N4. The van der Waals surface area contributed by atoms with Gasteiger partial charge in [0.25, 0.3) is 0 Å². The van der Waals surface area contributed by atoms with Crippen molar-refractivity contribution in [3.63, 3.8) is 0 Å². The number of para-hydroxylation sites is 2. The van der Waals surface area contributed by atoms with E-state index in [0.29, 0.717) is 28.7 Å². The fourth-order valence-corrected chi connectivity index (χ4v) is 6.12. The summed E-state index contributed by atoms with van der Waals surface area (Å²) < 4.78 is 72.0. The second-order valence-electron chi connectivity index (χ2n) is 11.1. The van der Waals surface area contributed by atoms with Crippen LogP contribution in [0.3, 0.4) is 0 Å². The third-order valence-corrected chi connectivity index (χ3v) is 8.27. The molecule has 0 saturated heterocycles. The van der Waals surface area contributed by atoms with Crippen LogP contribution in [0.15, 0.2) is 170 Å². The summed E-state index contributed by atoms with van der Waals surface area (Å²) >= 11 is 0. The van der Waals surface area contributed by atoms with Gasteiger partial charge in [0.05, 0.1) is 22.0 Å². The molecule has 0 saturated carbocycles. The summed E-state index contributed by atoms with van der Waals surface area (Å²) in [7, 11) is 0. The molecule has 2 aromatic heterocycles. The summed E-state index contributed by atoms with van der Waals surface area (Å²) in [6.07, 6.45) is 0. The lowest BCUT2D eigenvalue weighted by Crippen LogP contribution is -2.02. The molecule has 0 unspecified atom stereocenters. The number of fused-ring (bicyclic) bond motifs is 4. The van der Waals surface area contributed by atoms with Crippen molar-refractivity contribution in [3.05, 3.63) is 170 Å². The van der Waals surface area contributed by atoms with Crippen LogP contribution in [0.2, 0.25) is 0 Å². The first kappa shape index (κ1) is 19.9. The van der Waals surface area contributed by atoms with Gasteiger partial charge in [0, 0.05) is 33.2 Å². The van der Waals surface area contributed by atoms with Crippen molar-refractivity contribution < 1.29 is 11.0 Å². The predicted molar refractivity (Wildman–Crippen MR) is 193 cm³/mol. The van der Waals surface area contributed by atoms with Crippen molar-refractivity contribution in [3.8, 4) is 51.0 Å². The highest BCUT2D eigenvalue weighted by Gasteiger charge is 2.18. The van der Waals surface area contributed by atoms with Crippen molar-refractivity contribution in [1.82, 2.24) is 19.5 Å². The van der Waals surface area contributed by atoms with E-state index in [9.17, 15) is 0 Å². The van der Waals surface area contributed by atoms with Crippen LogP contribution in [0.5, 0.6) is 0 Å². The molecule has 4 nitrogen and oxygen atoms in total. The average molecular weight is 609 g/mol. The Hall–Kier alpha value is -6.39. The third kappa shape index (κ3) is 4.75. The van der Waals surface area contributed by atoms with Crippen molar-refractivity contribution in [2.45, 2.75) is 0 Å². The highest BCUT2D eigenvalue weighted by Crippen LogP contribution is 2.37. The van der Waals surface area contributed by atoms with Crippen LogP contribution in [-0.4, -0.2) is 19.5 Å². The van der Waals surface area contributed by atoms with Gasteiger partial charge in [-0.25, -0.2) is 15.0 Å². The molecule has 0 atom stereocenters. The van der Waals surface area contributed by atoms with E-state index >= 15 is 0 Å². The molecule has 0 aliphatic rings. The van der Waals surface area contributed by atoms with E-state index in [2.05, 4.69) is 0 Å². The molecule has 0 spiro atoms. The van der Waals surface area contributed by atoms with E-state index in [4.69, 9.17) is 25.9 Å². The zero-order valence-electron chi connectivity index (χ0n) is 32.8. The van der Waals surface area contributed by atoms with E-state index in [-0.39, 0.29) is 33.9 Å². The first-order valence-corrected chi connectivity index (χ1v) is 15.1. The van der Waals surface area contributed by atoms with Crippen LogP contribution in [0.1, 0.15) is 11.0 Å². The molecule has 47 heavy (non-hydrogen) atoms. The van der Waals surface area contributed by atoms with Crippen LogP contribution in [0.4, 0.5) is 0 Å². The molecule has 0 amide bonds. The zero-order chi connectivity index (χ0) is 38.1. The lowest BCUT2D eigenvalue weighted by atomic mass is 9.96. The van der Waals surface area contributed by atoms with Gasteiger partial charge in [-0.3, -0.25) is 0 Å². The first-order chi connectivity index (χ1) is 26.6. The quantitative estimate of drug-likeness (QED) is 0.195. The third-order valence-electron chi connectivity index (χ3n) is 8.27. The van der Waals surface area contributed by atoms with Crippen molar-refractivity contribution >= 4 is 32.6 Å². The molecule has 0 radical (unpaired) electrons. The number of aromatic nitrogens is 4. The molecule has 220 valence electrons. The normalized spacial score (nSPS) is 13.8. The molecule has 0 aliphatic carbocycles. The summed E-state index contributed by atoms with van der Waals surface area (Å²) in [5.41, 5.74) is 4.15. The summed E-state index contributed by atoms with van der Waals surface area (Å²) in [6, 6.07) is 35.2. The Kier molecular flexibility index (Phi) is 4.74. The Balaban J connectivity index is 1.44. The minimum absolute atomic E-state index is 0.00278. The summed E-state index contributed by atoms with van der Waals surface area (Å²) in [6.45, 7) is 0. The second-order valence-corrected chi connectivity index (χ2v) is 11.1. The monoisotopic (exact) mass is 608 g/mol. The Bertz CT molecular complexity index is 2880. The molecule has 0 N–H and O–H groups in total. The van der Waals surface area contributed by atoms with E-state index in [0.717, 1.165) is 33.0 Å². The summed E-state index contributed by atoms with van der Waals surface area (Å²) in [5.74, 6) is 1.23. The molecule has 2 heterocycles. The number of nitrogens with zero attached hydrogens (tertiary/aromatic N) is 4. The minimum Gasteiger partial charge on any atom is -0.309 e. The van der Waals surface area contributed by atoms with Gasteiger partial charge >= 0.3 is 0 Å². The highest BCUT2D eigenvalue weighted by molar-refractivity contribution is 6.09. The second kappa shape index (κ2) is 11.2. The van der Waals surface area contributed by atoms with Crippen molar-refractivity contribution in [2.75, 3.05) is 0 Å². The van der Waals surface area contributed by atoms with Gasteiger partial charge in [-0.2, -0.15) is 0 Å². The lowest BCUT2D eigenvalue weighted by molar-refractivity contribution is 1.07. The number of benzene rings is 7. The predicted octanol–water partition coefficient (Wildman–Crippen LogP) is 10.8. The van der Waals surface area contributed by atoms with Crippen molar-refractivity contribution in [1.29, 1.82) is 0 Å². The molecule has 0 aliphatic heterocycles. The summed E-state index contributed by atoms with van der Waals surface area (Å²) in [5, 5.41) is 1.97. The molecule has 9 rings (SSSR count). The van der Waals surface area contributed by atoms with Crippen molar-refractivity contribution in [2.24, 2.45) is 0 Å². The fourth-order valence-electron chi connectivity index (χ4n) is 6.12.